The highest BCUT2D eigenvalue weighted by Crippen LogP contribution is 2.24. The second-order valence-electron chi connectivity index (χ2n) is 10.5. The van der Waals surface area contributed by atoms with Crippen LogP contribution in [0.1, 0.15) is 64.1 Å². The summed E-state index contributed by atoms with van der Waals surface area (Å²) in [5, 5.41) is 0. The Labute approximate surface area is 235 Å². The summed E-state index contributed by atoms with van der Waals surface area (Å²) in [5.41, 5.74) is 2.33. The number of hydrogen-bond donors (Lipinski definition) is 0. The van der Waals surface area contributed by atoms with E-state index in [0.717, 1.165) is 44.5 Å². The molecule has 2 amide bonds. The molecular weight excluding hydrogens is 505 g/mol. The van der Waals surface area contributed by atoms with Crippen LogP contribution in [-0.4, -0.2) is 45.8 Å². The molecule has 1 saturated heterocycles. The van der Waals surface area contributed by atoms with Crippen LogP contribution in [0.3, 0.4) is 0 Å². The Morgan fingerprint density at radius 1 is 0.950 bits per heavy atom. The molecule has 0 atom stereocenters. The monoisotopic (exact) mass is 541 g/mol. The van der Waals surface area contributed by atoms with Gasteiger partial charge in [0.1, 0.15) is 11.6 Å². The number of furan rings is 1. The summed E-state index contributed by atoms with van der Waals surface area (Å²) in [6, 6.07) is 24.1. The van der Waals surface area contributed by atoms with Gasteiger partial charge in [0.05, 0.1) is 18.7 Å². The van der Waals surface area contributed by atoms with Gasteiger partial charge < -0.3 is 18.8 Å². The van der Waals surface area contributed by atoms with E-state index in [4.69, 9.17) is 4.42 Å². The Morgan fingerprint density at radius 2 is 1.70 bits per heavy atom. The fourth-order valence-electron chi connectivity index (χ4n) is 5.46. The van der Waals surface area contributed by atoms with Gasteiger partial charge in [-0.2, -0.15) is 0 Å². The fourth-order valence-corrected chi connectivity index (χ4v) is 5.46. The first-order valence-electron chi connectivity index (χ1n) is 14.1. The minimum absolute atomic E-state index is 0.0678. The average molecular weight is 542 g/mol. The third-order valence-corrected chi connectivity index (χ3v) is 7.63. The third-order valence-electron chi connectivity index (χ3n) is 7.63. The van der Waals surface area contributed by atoms with E-state index in [1.807, 2.05) is 46.9 Å². The molecule has 0 spiro atoms. The molecule has 0 aliphatic carbocycles. The van der Waals surface area contributed by atoms with Crippen LogP contribution in [0.25, 0.3) is 0 Å². The zero-order valence-corrected chi connectivity index (χ0v) is 23.0. The first-order chi connectivity index (χ1) is 19.5. The van der Waals surface area contributed by atoms with E-state index in [-0.39, 0.29) is 17.4 Å². The molecule has 7 heteroatoms. The van der Waals surface area contributed by atoms with E-state index in [1.54, 1.807) is 23.1 Å². The molecule has 0 radical (unpaired) electrons. The summed E-state index contributed by atoms with van der Waals surface area (Å²) in [7, 11) is 0. The summed E-state index contributed by atoms with van der Waals surface area (Å²) in [5.74, 6) is 0.697. The second kappa shape index (κ2) is 12.8. The van der Waals surface area contributed by atoms with Crippen LogP contribution in [0.5, 0.6) is 0 Å². The van der Waals surface area contributed by atoms with Crippen molar-refractivity contribution in [1.82, 2.24) is 14.4 Å². The number of hydrogen-bond acceptors (Lipinski definition) is 3. The van der Waals surface area contributed by atoms with Crippen molar-refractivity contribution in [1.29, 1.82) is 0 Å². The zero-order chi connectivity index (χ0) is 27.9. The molecule has 0 N–H and O–H groups in total. The number of aromatic nitrogens is 1. The predicted octanol–water partition coefficient (Wildman–Crippen LogP) is 6.42. The molecule has 0 bridgehead atoms. The van der Waals surface area contributed by atoms with Crippen molar-refractivity contribution in [3.05, 3.63) is 119 Å². The highest BCUT2D eigenvalue weighted by molar-refractivity contribution is 5.94. The van der Waals surface area contributed by atoms with Gasteiger partial charge in [0, 0.05) is 31.5 Å². The highest BCUT2D eigenvalue weighted by Gasteiger charge is 2.26. The van der Waals surface area contributed by atoms with E-state index in [2.05, 4.69) is 24.3 Å². The maximum Gasteiger partial charge on any atom is 0.289 e. The van der Waals surface area contributed by atoms with Crippen molar-refractivity contribution in [2.75, 3.05) is 19.6 Å². The first-order valence-corrected chi connectivity index (χ1v) is 14.1. The summed E-state index contributed by atoms with van der Waals surface area (Å²) in [6.07, 6.45) is 5.71. The lowest BCUT2D eigenvalue weighted by atomic mass is 9.90. The molecule has 1 aliphatic rings. The predicted molar refractivity (Wildman–Crippen MR) is 152 cm³/mol. The van der Waals surface area contributed by atoms with E-state index in [9.17, 15) is 14.0 Å². The van der Waals surface area contributed by atoms with E-state index >= 15 is 0 Å². The van der Waals surface area contributed by atoms with Crippen molar-refractivity contribution in [3.63, 3.8) is 0 Å². The Bertz CT molecular complexity index is 1420. The SMILES string of the molecule is CCCN(Cc1cccn1Cc1ccc(C(=O)N2CCC(Cc3ccccc3)CC2)o1)C(=O)c1ccccc1F. The molecule has 0 saturated carbocycles. The molecule has 1 fully saturated rings. The Balaban J connectivity index is 1.19. The lowest BCUT2D eigenvalue weighted by Gasteiger charge is -2.31. The molecule has 2 aromatic carbocycles. The fraction of sp³-hybridized carbons (Fsp3) is 0.333. The topological polar surface area (TPSA) is 58.7 Å². The second-order valence-corrected chi connectivity index (χ2v) is 10.5. The Morgan fingerprint density at radius 3 is 2.45 bits per heavy atom. The van der Waals surface area contributed by atoms with Crippen LogP contribution < -0.4 is 0 Å². The van der Waals surface area contributed by atoms with Gasteiger partial charge in [-0.15, -0.1) is 0 Å². The minimum Gasteiger partial charge on any atom is -0.454 e. The minimum atomic E-state index is -0.516. The highest BCUT2D eigenvalue weighted by atomic mass is 19.1. The van der Waals surface area contributed by atoms with Crippen molar-refractivity contribution in [2.45, 2.75) is 45.7 Å². The molecule has 208 valence electrons. The Kier molecular flexibility index (Phi) is 8.79. The van der Waals surface area contributed by atoms with Gasteiger partial charge in [-0.3, -0.25) is 9.59 Å². The maximum atomic E-state index is 14.3. The maximum absolute atomic E-state index is 14.3. The number of rotatable bonds is 10. The van der Waals surface area contributed by atoms with Crippen LogP contribution in [0.15, 0.2) is 89.5 Å². The van der Waals surface area contributed by atoms with Crippen LogP contribution >= 0.6 is 0 Å². The number of carbonyl (C=O) groups is 2. The number of piperidine rings is 1. The van der Waals surface area contributed by atoms with E-state index in [1.165, 1.54) is 17.7 Å². The molecule has 4 aromatic rings. The largest absolute Gasteiger partial charge is 0.454 e. The third kappa shape index (κ3) is 6.53. The van der Waals surface area contributed by atoms with Gasteiger partial charge in [-0.1, -0.05) is 49.4 Å². The van der Waals surface area contributed by atoms with Gasteiger partial charge in [-0.05, 0) is 73.6 Å². The van der Waals surface area contributed by atoms with E-state index < -0.39 is 5.82 Å². The zero-order valence-electron chi connectivity index (χ0n) is 23.0. The first kappa shape index (κ1) is 27.4. The molecule has 6 nitrogen and oxygen atoms in total. The average Bonchev–Trinajstić information content (AvgIpc) is 3.63. The van der Waals surface area contributed by atoms with Crippen molar-refractivity contribution in [3.8, 4) is 0 Å². The van der Waals surface area contributed by atoms with Gasteiger partial charge in [0.15, 0.2) is 5.76 Å². The van der Waals surface area contributed by atoms with Gasteiger partial charge >= 0.3 is 0 Å². The number of nitrogens with zero attached hydrogens (tertiary/aromatic N) is 3. The number of carbonyl (C=O) groups excluding carboxylic acids is 2. The number of amides is 2. The molecule has 3 heterocycles. The lowest BCUT2D eigenvalue weighted by molar-refractivity contribution is 0.0655. The Hall–Kier alpha value is -4.13. The summed E-state index contributed by atoms with van der Waals surface area (Å²) >= 11 is 0. The molecule has 40 heavy (non-hydrogen) atoms. The molecule has 2 aromatic heterocycles. The smallest absolute Gasteiger partial charge is 0.289 e. The van der Waals surface area contributed by atoms with Crippen molar-refractivity contribution in [2.24, 2.45) is 5.92 Å². The molecule has 5 rings (SSSR count). The molecule has 1 aliphatic heterocycles. The molecular formula is C33H36FN3O3. The van der Waals surface area contributed by atoms with Crippen molar-refractivity contribution < 1.29 is 18.4 Å². The number of halogens is 1. The normalized spacial score (nSPS) is 13.9. The lowest BCUT2D eigenvalue weighted by Crippen LogP contribution is -2.38. The van der Waals surface area contributed by atoms with Gasteiger partial charge in [0.2, 0.25) is 0 Å². The van der Waals surface area contributed by atoms with Crippen LogP contribution in [-0.2, 0) is 19.5 Å². The van der Waals surface area contributed by atoms with Gasteiger partial charge in [-0.25, -0.2) is 4.39 Å². The molecule has 0 unspecified atom stereocenters. The summed E-state index contributed by atoms with van der Waals surface area (Å²) in [4.78, 5) is 29.8. The van der Waals surface area contributed by atoms with Crippen LogP contribution in [0.4, 0.5) is 4.39 Å². The van der Waals surface area contributed by atoms with Crippen LogP contribution in [0.2, 0.25) is 0 Å². The summed E-state index contributed by atoms with van der Waals surface area (Å²) in [6.45, 7) is 4.75. The quantitative estimate of drug-likeness (QED) is 0.233. The van der Waals surface area contributed by atoms with Crippen molar-refractivity contribution >= 4 is 11.8 Å². The number of benzene rings is 2. The van der Waals surface area contributed by atoms with E-state index in [0.29, 0.717) is 37.1 Å². The van der Waals surface area contributed by atoms with Crippen LogP contribution in [0, 0.1) is 11.7 Å². The van der Waals surface area contributed by atoms with Gasteiger partial charge in [0.25, 0.3) is 11.8 Å². The number of likely N-dealkylation sites (tertiary alicyclic amines) is 1. The standard InChI is InChI=1S/C33H36FN3O3/c1-2-18-37(32(38)29-12-6-7-13-30(29)34)23-27-11-8-19-36(27)24-28-14-15-31(40-28)33(39)35-20-16-26(17-21-35)22-25-9-4-3-5-10-25/h3-15,19,26H,2,16-18,20-24H2,1H3. The summed E-state index contributed by atoms with van der Waals surface area (Å²) < 4.78 is 22.3.